The van der Waals surface area contributed by atoms with Crippen molar-refractivity contribution < 1.29 is 19.1 Å². The number of esters is 2. The van der Waals surface area contributed by atoms with Crippen LogP contribution in [0.4, 0.5) is 0 Å². The third kappa shape index (κ3) is 6.56. The van der Waals surface area contributed by atoms with E-state index in [1.54, 1.807) is 27.7 Å². The van der Waals surface area contributed by atoms with E-state index in [-0.39, 0.29) is 12.2 Å². The Morgan fingerprint density at radius 2 is 1.24 bits per heavy atom. The van der Waals surface area contributed by atoms with E-state index in [0.29, 0.717) is 17.6 Å². The van der Waals surface area contributed by atoms with E-state index in [4.69, 9.17) is 9.47 Å². The Balaban J connectivity index is 4.08. The largest absolute Gasteiger partial charge is 0.459 e. The maximum absolute atomic E-state index is 11.2. The van der Waals surface area contributed by atoms with Gasteiger partial charge in [0.25, 0.3) is 0 Å². The maximum Gasteiger partial charge on any atom is 0.333 e. The lowest BCUT2D eigenvalue weighted by molar-refractivity contribution is -0.148. The predicted molar refractivity (Wildman–Crippen MR) is 65.4 cm³/mol. The second-order valence-corrected chi connectivity index (χ2v) is 4.23. The smallest absolute Gasteiger partial charge is 0.333 e. The first-order valence-electron chi connectivity index (χ1n) is 5.47. The summed E-state index contributed by atoms with van der Waals surface area (Å²) >= 11 is 0. The highest BCUT2D eigenvalue weighted by Gasteiger charge is 2.16. The van der Waals surface area contributed by atoms with E-state index in [1.165, 1.54) is 0 Å². The number of carbonyl (C=O) groups excluding carboxylic acids is 2. The van der Waals surface area contributed by atoms with Crippen molar-refractivity contribution in [3.05, 3.63) is 24.3 Å². The average molecular weight is 240 g/mol. The highest BCUT2D eigenvalue weighted by Crippen LogP contribution is 2.09. The van der Waals surface area contributed by atoms with Gasteiger partial charge in [0.2, 0.25) is 0 Å². The summed E-state index contributed by atoms with van der Waals surface area (Å²) in [6.45, 7) is 13.6. The fourth-order valence-corrected chi connectivity index (χ4v) is 1.13. The molecule has 0 spiro atoms. The van der Waals surface area contributed by atoms with Crippen molar-refractivity contribution in [3.63, 3.8) is 0 Å². The Morgan fingerprint density at radius 1 is 0.941 bits per heavy atom. The van der Waals surface area contributed by atoms with Crippen molar-refractivity contribution in [3.8, 4) is 0 Å². The standard InChI is InChI=1S/C13H20O4/c1-8(2)12(14)16-10(5)7-11(6)17-13(15)9(3)4/h10-11H,1,3,7H2,2,4-6H3/t10-,11-/m1/s1. The van der Waals surface area contributed by atoms with E-state index in [0.717, 1.165) is 0 Å². The molecule has 0 radical (unpaired) electrons. The van der Waals surface area contributed by atoms with Crippen molar-refractivity contribution in [2.24, 2.45) is 0 Å². The van der Waals surface area contributed by atoms with Crippen LogP contribution < -0.4 is 0 Å². The molecule has 17 heavy (non-hydrogen) atoms. The van der Waals surface area contributed by atoms with Crippen molar-refractivity contribution in [2.45, 2.75) is 46.3 Å². The molecule has 0 saturated carbocycles. The zero-order chi connectivity index (χ0) is 13.6. The van der Waals surface area contributed by atoms with Gasteiger partial charge in [-0.15, -0.1) is 0 Å². The molecule has 4 nitrogen and oxygen atoms in total. The van der Waals surface area contributed by atoms with Gasteiger partial charge >= 0.3 is 11.9 Å². The molecule has 0 aliphatic carbocycles. The molecule has 0 N–H and O–H groups in total. The first kappa shape index (κ1) is 15.4. The lowest BCUT2D eigenvalue weighted by atomic mass is 10.2. The first-order chi connectivity index (χ1) is 7.73. The third-order valence-corrected chi connectivity index (χ3v) is 1.98. The topological polar surface area (TPSA) is 52.6 Å². The lowest BCUT2D eigenvalue weighted by Gasteiger charge is -2.18. The summed E-state index contributed by atoms with van der Waals surface area (Å²) in [5.41, 5.74) is 0.701. The second kappa shape index (κ2) is 6.89. The van der Waals surface area contributed by atoms with Gasteiger partial charge < -0.3 is 9.47 Å². The van der Waals surface area contributed by atoms with Crippen LogP contribution in [0.3, 0.4) is 0 Å². The lowest BCUT2D eigenvalue weighted by Crippen LogP contribution is -2.23. The van der Waals surface area contributed by atoms with Gasteiger partial charge in [-0.2, -0.15) is 0 Å². The molecule has 4 heteroatoms. The van der Waals surface area contributed by atoms with Crippen LogP contribution in [0.1, 0.15) is 34.1 Å². The number of hydrogen-bond acceptors (Lipinski definition) is 4. The molecule has 0 unspecified atom stereocenters. The van der Waals surface area contributed by atoms with Crippen LogP contribution in [-0.4, -0.2) is 24.1 Å². The van der Waals surface area contributed by atoms with E-state index in [9.17, 15) is 9.59 Å². The van der Waals surface area contributed by atoms with Crippen LogP contribution in [0.15, 0.2) is 24.3 Å². The van der Waals surface area contributed by atoms with E-state index >= 15 is 0 Å². The van der Waals surface area contributed by atoms with E-state index < -0.39 is 11.9 Å². The summed E-state index contributed by atoms with van der Waals surface area (Å²) in [6, 6.07) is 0. The molecule has 0 aromatic heterocycles. The normalized spacial score (nSPS) is 13.4. The Bertz CT molecular complexity index is 298. The summed E-state index contributed by atoms with van der Waals surface area (Å²) in [5, 5.41) is 0. The van der Waals surface area contributed by atoms with Crippen LogP contribution in [0, 0.1) is 0 Å². The maximum atomic E-state index is 11.2. The van der Waals surface area contributed by atoms with E-state index in [1.807, 2.05) is 0 Å². The second-order valence-electron chi connectivity index (χ2n) is 4.23. The molecule has 0 aromatic rings. The molecule has 0 fully saturated rings. The summed E-state index contributed by atoms with van der Waals surface area (Å²) in [6.07, 6.45) is -0.211. The van der Waals surface area contributed by atoms with Crippen molar-refractivity contribution in [1.29, 1.82) is 0 Å². The molecule has 0 aliphatic heterocycles. The highest BCUT2D eigenvalue weighted by molar-refractivity contribution is 5.87. The Morgan fingerprint density at radius 3 is 1.47 bits per heavy atom. The monoisotopic (exact) mass is 240 g/mol. The zero-order valence-corrected chi connectivity index (χ0v) is 10.9. The number of ether oxygens (including phenoxy) is 2. The van der Waals surface area contributed by atoms with E-state index in [2.05, 4.69) is 13.2 Å². The molecule has 0 aliphatic rings. The van der Waals surface area contributed by atoms with Crippen LogP contribution in [0.2, 0.25) is 0 Å². The molecule has 96 valence electrons. The molecule has 0 heterocycles. The Hall–Kier alpha value is -1.58. The number of hydrogen-bond donors (Lipinski definition) is 0. The summed E-state index contributed by atoms with van der Waals surface area (Å²) in [7, 11) is 0. The van der Waals surface area contributed by atoms with Crippen LogP contribution in [-0.2, 0) is 19.1 Å². The zero-order valence-electron chi connectivity index (χ0n) is 10.9. The summed E-state index contributed by atoms with van der Waals surface area (Å²) < 4.78 is 10.1. The Labute approximate surface area is 102 Å². The van der Waals surface area contributed by atoms with Crippen molar-refractivity contribution in [2.75, 3.05) is 0 Å². The minimum Gasteiger partial charge on any atom is -0.459 e. The molecule has 0 aromatic carbocycles. The molecule has 0 rings (SSSR count). The van der Waals surface area contributed by atoms with Gasteiger partial charge in [-0.05, 0) is 27.7 Å². The quantitative estimate of drug-likeness (QED) is 0.528. The summed E-state index contributed by atoms with van der Waals surface area (Å²) in [4.78, 5) is 22.4. The fraction of sp³-hybridized carbons (Fsp3) is 0.538. The molecular formula is C13H20O4. The van der Waals surface area contributed by atoms with Gasteiger partial charge in [-0.25, -0.2) is 9.59 Å². The molecule has 0 amide bonds. The van der Waals surface area contributed by atoms with Gasteiger partial charge in [0.15, 0.2) is 0 Å². The SMILES string of the molecule is C=C(C)C(=O)O[C@H](C)C[C@@H](C)OC(=O)C(=C)C. The van der Waals surface area contributed by atoms with Crippen LogP contribution >= 0.6 is 0 Å². The van der Waals surface area contributed by atoms with Gasteiger partial charge in [0, 0.05) is 17.6 Å². The van der Waals surface area contributed by atoms with Crippen molar-refractivity contribution >= 4 is 11.9 Å². The first-order valence-corrected chi connectivity index (χ1v) is 5.47. The third-order valence-electron chi connectivity index (χ3n) is 1.98. The molecule has 0 saturated heterocycles. The minimum atomic E-state index is -0.434. The van der Waals surface area contributed by atoms with Gasteiger partial charge in [0.1, 0.15) is 12.2 Å². The minimum absolute atomic E-state index is 0.327. The van der Waals surface area contributed by atoms with Gasteiger partial charge in [-0.1, -0.05) is 13.2 Å². The van der Waals surface area contributed by atoms with Gasteiger partial charge in [-0.3, -0.25) is 0 Å². The van der Waals surface area contributed by atoms with Crippen LogP contribution in [0.5, 0.6) is 0 Å². The van der Waals surface area contributed by atoms with Crippen molar-refractivity contribution in [1.82, 2.24) is 0 Å². The fourth-order valence-electron chi connectivity index (χ4n) is 1.13. The number of carbonyl (C=O) groups is 2. The van der Waals surface area contributed by atoms with Crippen LogP contribution in [0.25, 0.3) is 0 Å². The molecule has 0 bridgehead atoms. The Kier molecular flexibility index (Phi) is 6.25. The average Bonchev–Trinajstić information content (AvgIpc) is 2.16. The number of rotatable bonds is 6. The molecular weight excluding hydrogens is 220 g/mol. The molecule has 2 atom stereocenters. The summed E-state index contributed by atoms with van der Waals surface area (Å²) in [5.74, 6) is -0.869. The highest BCUT2D eigenvalue weighted by atomic mass is 16.6. The van der Waals surface area contributed by atoms with Gasteiger partial charge in [0.05, 0.1) is 0 Å². The predicted octanol–water partition coefficient (Wildman–Crippen LogP) is 2.39.